The molecule has 2 aromatic rings. The van der Waals surface area contributed by atoms with Gasteiger partial charge in [-0.15, -0.1) is 6.58 Å². The van der Waals surface area contributed by atoms with Gasteiger partial charge < -0.3 is 14.7 Å². The molecule has 31 heavy (non-hydrogen) atoms. The lowest BCUT2D eigenvalue weighted by molar-refractivity contribution is 0.111. The van der Waals surface area contributed by atoms with E-state index < -0.39 is 6.10 Å². The summed E-state index contributed by atoms with van der Waals surface area (Å²) in [5, 5.41) is 12.0. The van der Waals surface area contributed by atoms with Gasteiger partial charge in [0.15, 0.2) is 0 Å². The zero-order valence-electron chi connectivity index (χ0n) is 19.4. The minimum absolute atomic E-state index is 0.486. The summed E-state index contributed by atoms with van der Waals surface area (Å²) in [6.07, 6.45) is 13.1. The zero-order chi connectivity index (χ0) is 22.1. The Labute approximate surface area is 188 Å². The molecule has 1 N–H and O–H groups in total. The minimum Gasteiger partial charge on any atom is -0.497 e. The van der Waals surface area contributed by atoms with Crippen LogP contribution in [0.4, 0.5) is 0 Å². The van der Waals surface area contributed by atoms with Gasteiger partial charge >= 0.3 is 0 Å². The standard InChI is InChI=1S/C27H40N2O2/c1-4-6-7-8-9-17-29-18-15-22(21(5-2)20-29)10-13-27(30)24-14-16-28-26-12-11-23(31-3)19-25(24)26/h5,11-12,14,16,19,21-22,27,30H,2,4,6-10,13,15,17-18,20H2,1,3H3/t21-,22+,27+/m0/s1. The fourth-order valence-corrected chi connectivity index (χ4v) is 4.96. The van der Waals surface area contributed by atoms with Crippen molar-refractivity contribution in [1.82, 2.24) is 9.88 Å². The van der Waals surface area contributed by atoms with Crippen LogP contribution in [-0.4, -0.2) is 41.7 Å². The van der Waals surface area contributed by atoms with Crippen LogP contribution in [0.15, 0.2) is 43.1 Å². The van der Waals surface area contributed by atoms with Gasteiger partial charge in [-0.1, -0.05) is 38.7 Å². The summed E-state index contributed by atoms with van der Waals surface area (Å²) in [7, 11) is 1.67. The van der Waals surface area contributed by atoms with Gasteiger partial charge in [-0.05, 0) is 80.4 Å². The van der Waals surface area contributed by atoms with Gasteiger partial charge in [-0.25, -0.2) is 0 Å². The molecule has 0 aliphatic carbocycles. The molecule has 2 heterocycles. The Morgan fingerprint density at radius 1 is 1.26 bits per heavy atom. The Morgan fingerprint density at radius 2 is 2.10 bits per heavy atom. The maximum atomic E-state index is 11.0. The zero-order valence-corrected chi connectivity index (χ0v) is 19.4. The lowest BCUT2D eigenvalue weighted by Crippen LogP contribution is -2.40. The van der Waals surface area contributed by atoms with Crippen molar-refractivity contribution in [1.29, 1.82) is 0 Å². The number of fused-ring (bicyclic) bond motifs is 1. The summed E-state index contributed by atoms with van der Waals surface area (Å²) in [5.74, 6) is 1.92. The third-order valence-electron chi connectivity index (χ3n) is 6.92. The van der Waals surface area contributed by atoms with E-state index in [2.05, 4.69) is 29.5 Å². The number of hydrogen-bond acceptors (Lipinski definition) is 4. The summed E-state index contributed by atoms with van der Waals surface area (Å²) in [6.45, 7) is 9.90. The van der Waals surface area contributed by atoms with E-state index in [4.69, 9.17) is 4.74 Å². The molecule has 4 nitrogen and oxygen atoms in total. The number of piperidine rings is 1. The van der Waals surface area contributed by atoms with Gasteiger partial charge in [0.2, 0.25) is 0 Å². The lowest BCUT2D eigenvalue weighted by Gasteiger charge is -2.37. The summed E-state index contributed by atoms with van der Waals surface area (Å²) in [6, 6.07) is 7.79. The molecule has 4 heteroatoms. The number of likely N-dealkylation sites (tertiary alicyclic amines) is 1. The van der Waals surface area contributed by atoms with Crippen molar-refractivity contribution >= 4 is 10.9 Å². The van der Waals surface area contributed by atoms with Crippen LogP contribution in [0.5, 0.6) is 5.75 Å². The molecular weight excluding hydrogens is 384 g/mol. The van der Waals surface area contributed by atoms with Crippen molar-refractivity contribution < 1.29 is 9.84 Å². The highest BCUT2D eigenvalue weighted by Crippen LogP contribution is 2.34. The highest BCUT2D eigenvalue weighted by atomic mass is 16.5. The number of methoxy groups -OCH3 is 1. The number of aliphatic hydroxyl groups is 1. The maximum Gasteiger partial charge on any atom is 0.119 e. The third-order valence-corrected chi connectivity index (χ3v) is 6.92. The molecular formula is C27H40N2O2. The van der Waals surface area contributed by atoms with E-state index in [1.165, 1.54) is 51.6 Å². The number of benzene rings is 1. The molecule has 3 rings (SSSR count). The Morgan fingerprint density at radius 3 is 2.87 bits per heavy atom. The maximum absolute atomic E-state index is 11.0. The number of pyridine rings is 1. The summed E-state index contributed by atoms with van der Waals surface area (Å²) in [5.41, 5.74) is 1.84. The molecule has 1 aromatic carbocycles. The third kappa shape index (κ3) is 6.54. The SMILES string of the molecule is C=C[C@H]1CN(CCCCCCC)CC[C@H]1CC[C@@H](O)c1ccnc2ccc(OC)cc12. The molecule has 1 fully saturated rings. The van der Waals surface area contributed by atoms with E-state index in [1.54, 1.807) is 13.3 Å². The fraction of sp³-hybridized carbons (Fsp3) is 0.593. The van der Waals surface area contributed by atoms with E-state index in [1.807, 2.05) is 24.3 Å². The molecule has 1 aromatic heterocycles. The molecule has 0 spiro atoms. The Hall–Kier alpha value is -1.91. The van der Waals surface area contributed by atoms with Crippen molar-refractivity contribution in [3.63, 3.8) is 0 Å². The van der Waals surface area contributed by atoms with Crippen molar-refractivity contribution in [2.24, 2.45) is 11.8 Å². The van der Waals surface area contributed by atoms with Gasteiger partial charge in [0.25, 0.3) is 0 Å². The number of unbranched alkanes of at least 4 members (excludes halogenated alkanes) is 4. The van der Waals surface area contributed by atoms with Gasteiger partial charge in [-0.3, -0.25) is 4.98 Å². The Bertz CT molecular complexity index is 822. The van der Waals surface area contributed by atoms with Crippen molar-refractivity contribution in [3.05, 3.63) is 48.7 Å². The molecule has 0 radical (unpaired) electrons. The van der Waals surface area contributed by atoms with Gasteiger partial charge in [0.1, 0.15) is 5.75 Å². The van der Waals surface area contributed by atoms with Crippen LogP contribution in [0, 0.1) is 11.8 Å². The number of nitrogens with zero attached hydrogens (tertiary/aromatic N) is 2. The predicted molar refractivity (Wildman–Crippen MR) is 129 cm³/mol. The number of rotatable bonds is 12. The molecule has 3 atom stereocenters. The molecule has 0 unspecified atom stereocenters. The van der Waals surface area contributed by atoms with Crippen molar-refractivity contribution in [2.45, 2.75) is 64.4 Å². The van der Waals surface area contributed by atoms with E-state index >= 15 is 0 Å². The first kappa shape index (κ1) is 23.7. The predicted octanol–water partition coefficient (Wildman–Crippen LogP) is 6.15. The van der Waals surface area contributed by atoms with Crippen LogP contribution in [0.2, 0.25) is 0 Å². The largest absolute Gasteiger partial charge is 0.497 e. The highest BCUT2D eigenvalue weighted by Gasteiger charge is 2.27. The van der Waals surface area contributed by atoms with Crippen LogP contribution < -0.4 is 4.74 Å². The number of hydrogen-bond donors (Lipinski definition) is 1. The monoisotopic (exact) mass is 424 g/mol. The van der Waals surface area contributed by atoms with Gasteiger partial charge in [0, 0.05) is 18.1 Å². The second-order valence-corrected chi connectivity index (χ2v) is 9.04. The molecule has 0 saturated carbocycles. The van der Waals surface area contributed by atoms with E-state index in [9.17, 15) is 5.11 Å². The summed E-state index contributed by atoms with van der Waals surface area (Å²) < 4.78 is 5.37. The van der Waals surface area contributed by atoms with Crippen LogP contribution in [0.3, 0.4) is 0 Å². The molecule has 0 bridgehead atoms. The number of aromatic nitrogens is 1. The normalized spacial score (nSPS) is 20.6. The summed E-state index contributed by atoms with van der Waals surface area (Å²) in [4.78, 5) is 7.06. The molecule has 1 aliphatic heterocycles. The summed E-state index contributed by atoms with van der Waals surface area (Å²) >= 11 is 0. The van der Waals surface area contributed by atoms with Crippen LogP contribution in [0.1, 0.15) is 70.0 Å². The van der Waals surface area contributed by atoms with Crippen molar-refractivity contribution in [3.8, 4) is 5.75 Å². The average Bonchev–Trinajstić information content (AvgIpc) is 2.81. The topological polar surface area (TPSA) is 45.6 Å². The first-order chi connectivity index (χ1) is 15.2. The van der Waals surface area contributed by atoms with Gasteiger partial charge in [0.05, 0.1) is 18.7 Å². The number of aliphatic hydroxyl groups excluding tert-OH is 1. The molecule has 170 valence electrons. The van der Waals surface area contributed by atoms with Crippen LogP contribution in [0.25, 0.3) is 10.9 Å². The molecule has 1 aliphatic rings. The van der Waals surface area contributed by atoms with Crippen LogP contribution in [-0.2, 0) is 0 Å². The second kappa shape index (κ2) is 12.2. The van der Waals surface area contributed by atoms with Crippen molar-refractivity contribution in [2.75, 3.05) is 26.7 Å². The van der Waals surface area contributed by atoms with Gasteiger partial charge in [-0.2, -0.15) is 0 Å². The lowest BCUT2D eigenvalue weighted by atomic mass is 9.81. The second-order valence-electron chi connectivity index (χ2n) is 9.04. The fourth-order valence-electron chi connectivity index (χ4n) is 4.96. The number of ether oxygens (including phenoxy) is 1. The minimum atomic E-state index is -0.486. The first-order valence-electron chi connectivity index (χ1n) is 12.1. The van der Waals surface area contributed by atoms with E-state index in [0.29, 0.717) is 11.8 Å². The van der Waals surface area contributed by atoms with E-state index in [-0.39, 0.29) is 0 Å². The van der Waals surface area contributed by atoms with E-state index in [0.717, 1.165) is 41.6 Å². The molecule has 0 amide bonds. The smallest absolute Gasteiger partial charge is 0.119 e. The first-order valence-corrected chi connectivity index (χ1v) is 12.1. The Balaban J connectivity index is 1.54. The quantitative estimate of drug-likeness (QED) is 0.328. The average molecular weight is 425 g/mol. The Kier molecular flexibility index (Phi) is 9.35. The highest BCUT2D eigenvalue weighted by molar-refractivity contribution is 5.83. The molecule has 1 saturated heterocycles. The van der Waals surface area contributed by atoms with Crippen LogP contribution >= 0.6 is 0 Å².